The number of nitrogens with one attached hydrogen (secondary N) is 1. The highest BCUT2D eigenvalue weighted by Crippen LogP contribution is 2.50. The molecular weight excluding hydrogens is 758 g/mol. The average molecular weight is 802 g/mol. The number of thiophene rings is 1. The van der Waals surface area contributed by atoms with Crippen LogP contribution in [0.3, 0.4) is 0 Å². The van der Waals surface area contributed by atoms with Gasteiger partial charge in [0.2, 0.25) is 0 Å². The molecule has 5 aromatic rings. The summed E-state index contributed by atoms with van der Waals surface area (Å²) in [6, 6.07) is 19.4. The molecule has 1 N–H and O–H groups in total. The van der Waals surface area contributed by atoms with Crippen LogP contribution in [0.25, 0.3) is 5.00 Å². The van der Waals surface area contributed by atoms with Gasteiger partial charge in [0, 0.05) is 41.2 Å². The van der Waals surface area contributed by atoms with Crippen LogP contribution in [0.5, 0.6) is 11.5 Å². The SMILES string of the molecule is Cc1sc2c(c1C)C(c1ccc(OC3CC4(CCN(c5ccc(C(=O)NC6CCC(Oc7ccc(C#N)c(Cl)c7)CC6)nn5)CC4)C3)cc1)=NCc1nnc(C)n1-2. The lowest BCUT2D eigenvalue weighted by molar-refractivity contribution is -0.0311. The van der Waals surface area contributed by atoms with Crippen LogP contribution in [-0.2, 0) is 6.54 Å². The van der Waals surface area contributed by atoms with Gasteiger partial charge in [0.25, 0.3) is 5.91 Å². The van der Waals surface area contributed by atoms with Crippen molar-refractivity contribution in [1.82, 2.24) is 30.3 Å². The van der Waals surface area contributed by atoms with Gasteiger partial charge >= 0.3 is 0 Å². The monoisotopic (exact) mass is 801 g/mol. The van der Waals surface area contributed by atoms with E-state index in [2.05, 4.69) is 79.4 Å². The van der Waals surface area contributed by atoms with Crippen molar-refractivity contribution in [3.05, 3.63) is 104 Å². The number of hydrogen-bond acceptors (Lipinski definition) is 11. The first-order chi connectivity index (χ1) is 27.6. The molecule has 0 radical (unpaired) electrons. The number of rotatable bonds is 8. The van der Waals surface area contributed by atoms with E-state index in [1.807, 2.05) is 13.0 Å². The van der Waals surface area contributed by atoms with Gasteiger partial charge in [0.05, 0.1) is 28.5 Å². The van der Waals surface area contributed by atoms with Gasteiger partial charge in [-0.3, -0.25) is 14.4 Å². The molecule has 2 aliphatic heterocycles. The number of fused-ring (bicyclic) bond motifs is 3. The zero-order chi connectivity index (χ0) is 39.3. The molecule has 292 valence electrons. The lowest BCUT2D eigenvalue weighted by Gasteiger charge is -2.51. The minimum absolute atomic E-state index is 0.0366. The topological polar surface area (TPSA) is 143 Å². The van der Waals surface area contributed by atoms with E-state index in [1.54, 1.807) is 35.6 Å². The summed E-state index contributed by atoms with van der Waals surface area (Å²) in [5.74, 6) is 3.90. The van der Waals surface area contributed by atoms with E-state index in [-0.39, 0.29) is 24.2 Å². The number of nitriles is 1. The number of ether oxygens (including phenoxy) is 2. The predicted octanol–water partition coefficient (Wildman–Crippen LogP) is 7.87. The van der Waals surface area contributed by atoms with Gasteiger partial charge in [-0.1, -0.05) is 11.6 Å². The smallest absolute Gasteiger partial charge is 0.272 e. The third-order valence-corrected chi connectivity index (χ3v) is 13.7. The number of aryl methyl sites for hydroxylation is 2. The Balaban J connectivity index is 0.730. The molecule has 3 aromatic heterocycles. The largest absolute Gasteiger partial charge is 0.490 e. The summed E-state index contributed by atoms with van der Waals surface area (Å²) in [7, 11) is 0. The van der Waals surface area contributed by atoms with Crippen molar-refractivity contribution in [3.8, 4) is 22.6 Å². The van der Waals surface area contributed by atoms with Gasteiger partial charge in [0.15, 0.2) is 17.3 Å². The summed E-state index contributed by atoms with van der Waals surface area (Å²) in [6.07, 6.45) is 7.73. The fraction of sp³-hybridized carbons (Fsp3) is 0.419. The van der Waals surface area contributed by atoms with E-state index in [4.69, 9.17) is 31.3 Å². The highest BCUT2D eigenvalue weighted by atomic mass is 35.5. The van der Waals surface area contributed by atoms with Crippen molar-refractivity contribution < 1.29 is 14.3 Å². The Bertz CT molecular complexity index is 2380. The molecule has 2 aliphatic carbocycles. The van der Waals surface area contributed by atoms with E-state index in [1.165, 1.54) is 10.4 Å². The van der Waals surface area contributed by atoms with Crippen molar-refractivity contribution in [3.63, 3.8) is 0 Å². The first-order valence-corrected chi connectivity index (χ1v) is 20.9. The van der Waals surface area contributed by atoms with Crippen LogP contribution >= 0.6 is 22.9 Å². The Hall–Kier alpha value is -5.32. The minimum atomic E-state index is -0.203. The Kier molecular flexibility index (Phi) is 9.95. The van der Waals surface area contributed by atoms with Crippen LogP contribution in [0, 0.1) is 37.5 Å². The van der Waals surface area contributed by atoms with Crippen LogP contribution in [0.4, 0.5) is 5.82 Å². The van der Waals surface area contributed by atoms with Crippen molar-refractivity contribution in [2.45, 2.75) is 96.9 Å². The van der Waals surface area contributed by atoms with Crippen LogP contribution in [0.1, 0.15) is 101 Å². The molecule has 4 aliphatic rings. The number of piperidine rings is 1. The molecule has 1 spiro atoms. The predicted molar refractivity (Wildman–Crippen MR) is 219 cm³/mol. The number of carbonyl (C=O) groups is 1. The summed E-state index contributed by atoms with van der Waals surface area (Å²) in [5, 5.41) is 31.2. The highest BCUT2D eigenvalue weighted by Gasteiger charge is 2.47. The van der Waals surface area contributed by atoms with E-state index in [0.717, 1.165) is 110 Å². The molecule has 57 heavy (non-hydrogen) atoms. The van der Waals surface area contributed by atoms with Crippen molar-refractivity contribution in [2.24, 2.45) is 10.4 Å². The number of aliphatic imine (C=N–C) groups is 1. The second-order valence-electron chi connectivity index (χ2n) is 15.9. The molecule has 2 saturated carbocycles. The lowest BCUT2D eigenvalue weighted by atomic mass is 9.61. The average Bonchev–Trinajstić information content (AvgIpc) is 3.66. The second-order valence-corrected chi connectivity index (χ2v) is 17.5. The van der Waals surface area contributed by atoms with Crippen molar-refractivity contribution >= 4 is 40.4 Å². The lowest BCUT2D eigenvalue weighted by Crippen LogP contribution is -2.51. The van der Waals surface area contributed by atoms with E-state index in [9.17, 15) is 4.79 Å². The minimum Gasteiger partial charge on any atom is -0.490 e. The number of anilines is 1. The number of halogens is 1. The number of nitrogens with zero attached hydrogens (tertiary/aromatic N) is 8. The van der Waals surface area contributed by atoms with Gasteiger partial charge < -0.3 is 19.7 Å². The standard InChI is InChI=1S/C43H44ClN9O3S/c1-25-26(2)57-42-39(25)40(46-24-38-51-48-27(3)53(38)42)28-4-9-31(10-5-28)56-34-21-43(22-34)16-18-52(19-17-43)37-15-14-36(49-50-37)41(54)47-30-7-12-32(13-8-30)55-33-11-6-29(23-45)35(44)20-33/h4-6,9-11,14-15,20,30,32,34H,7-8,12-13,16-19,21-22,24H2,1-3H3,(H,47,54). The first kappa shape index (κ1) is 37.3. The van der Waals surface area contributed by atoms with Crippen molar-refractivity contribution in [1.29, 1.82) is 5.26 Å². The van der Waals surface area contributed by atoms with Crippen molar-refractivity contribution in [2.75, 3.05) is 18.0 Å². The number of aromatic nitrogens is 5. The number of hydrogen-bond donors (Lipinski definition) is 1. The van der Waals surface area contributed by atoms with Gasteiger partial charge in [-0.15, -0.1) is 31.7 Å². The highest BCUT2D eigenvalue weighted by molar-refractivity contribution is 7.15. The zero-order valence-electron chi connectivity index (χ0n) is 32.3. The quantitative estimate of drug-likeness (QED) is 0.166. The molecule has 3 fully saturated rings. The van der Waals surface area contributed by atoms with Crippen LogP contribution < -0.4 is 19.7 Å². The maximum atomic E-state index is 13.0. The molecule has 0 unspecified atom stereocenters. The van der Waals surface area contributed by atoms with Crippen LogP contribution in [-0.4, -0.2) is 67.9 Å². The van der Waals surface area contributed by atoms with E-state index >= 15 is 0 Å². The maximum absolute atomic E-state index is 13.0. The van der Waals surface area contributed by atoms with Gasteiger partial charge in [-0.25, -0.2) is 0 Å². The fourth-order valence-electron chi connectivity index (χ4n) is 8.83. The third kappa shape index (κ3) is 7.37. The normalized spacial score (nSPS) is 20.1. The molecule has 12 nitrogen and oxygen atoms in total. The molecule has 14 heteroatoms. The summed E-state index contributed by atoms with van der Waals surface area (Å²) in [5.41, 5.74) is 5.54. The number of benzene rings is 2. The molecular formula is C43H44ClN9O3S. The molecule has 1 amide bonds. The molecule has 1 saturated heterocycles. The first-order valence-electron chi connectivity index (χ1n) is 19.7. The molecule has 0 bridgehead atoms. The van der Waals surface area contributed by atoms with E-state index < -0.39 is 0 Å². The van der Waals surface area contributed by atoms with Gasteiger partial charge in [0.1, 0.15) is 34.9 Å². The number of carbonyl (C=O) groups excluding carboxylic acids is 1. The molecule has 9 rings (SSSR count). The fourth-order valence-corrected chi connectivity index (χ4v) is 10.3. The van der Waals surface area contributed by atoms with E-state index in [0.29, 0.717) is 34.0 Å². The Morgan fingerprint density at radius 3 is 2.35 bits per heavy atom. The Morgan fingerprint density at radius 2 is 1.65 bits per heavy atom. The summed E-state index contributed by atoms with van der Waals surface area (Å²) < 4.78 is 14.7. The molecule has 0 atom stereocenters. The summed E-state index contributed by atoms with van der Waals surface area (Å²) >= 11 is 7.93. The Labute approximate surface area is 340 Å². The summed E-state index contributed by atoms with van der Waals surface area (Å²) in [6.45, 7) is 8.64. The third-order valence-electron chi connectivity index (χ3n) is 12.2. The van der Waals surface area contributed by atoms with Gasteiger partial charge in [-0.05, 0) is 132 Å². The van der Waals surface area contributed by atoms with Crippen LogP contribution in [0.2, 0.25) is 5.02 Å². The van der Waals surface area contributed by atoms with Gasteiger partial charge in [-0.2, -0.15) is 5.26 Å². The zero-order valence-corrected chi connectivity index (χ0v) is 33.9. The van der Waals surface area contributed by atoms with Crippen LogP contribution in [0.15, 0.2) is 59.6 Å². The number of amides is 1. The molecule has 2 aromatic carbocycles. The Morgan fingerprint density at radius 1 is 0.912 bits per heavy atom. The molecule has 5 heterocycles. The summed E-state index contributed by atoms with van der Waals surface area (Å²) in [4.78, 5) is 21.6. The second kappa shape index (κ2) is 15.2. The maximum Gasteiger partial charge on any atom is 0.272 e.